The summed E-state index contributed by atoms with van der Waals surface area (Å²) in [6.07, 6.45) is 0. The quantitative estimate of drug-likeness (QED) is 0.824. The summed E-state index contributed by atoms with van der Waals surface area (Å²) in [5.41, 5.74) is 2.48. The number of rotatable bonds is 1. The van der Waals surface area contributed by atoms with E-state index in [4.69, 9.17) is 4.74 Å². The largest absolute Gasteiger partial charge is 0.508 e. The molecule has 0 bridgehead atoms. The van der Waals surface area contributed by atoms with E-state index in [9.17, 15) is 5.11 Å². The lowest BCUT2D eigenvalue weighted by molar-refractivity contribution is 0.243. The second kappa shape index (κ2) is 4.37. The Morgan fingerprint density at radius 1 is 1.06 bits per heavy atom. The van der Waals surface area contributed by atoms with Gasteiger partial charge in [0, 0.05) is 5.92 Å². The van der Waals surface area contributed by atoms with Crippen molar-refractivity contribution in [3.63, 3.8) is 0 Å². The highest BCUT2D eigenvalue weighted by Gasteiger charge is 2.28. The summed E-state index contributed by atoms with van der Waals surface area (Å²) in [6, 6.07) is 15.7. The number of fused-ring (bicyclic) bond motifs is 1. The number of phenols is 1. The van der Waals surface area contributed by atoms with Crippen molar-refractivity contribution in [1.29, 1.82) is 0 Å². The minimum atomic E-state index is 0.309. The number of hydrogen-bond donors (Lipinski definition) is 1. The topological polar surface area (TPSA) is 29.5 Å². The first-order valence-corrected chi connectivity index (χ1v) is 6.26. The van der Waals surface area contributed by atoms with Gasteiger partial charge in [-0.1, -0.05) is 37.3 Å². The van der Waals surface area contributed by atoms with Crippen molar-refractivity contribution in [3.05, 3.63) is 59.7 Å². The molecule has 0 spiro atoms. The summed E-state index contributed by atoms with van der Waals surface area (Å²) in [5.74, 6) is 2.09. The third-order valence-electron chi connectivity index (χ3n) is 3.75. The van der Waals surface area contributed by atoms with E-state index < -0.39 is 0 Å². The van der Waals surface area contributed by atoms with E-state index in [1.807, 2.05) is 24.3 Å². The van der Waals surface area contributed by atoms with E-state index >= 15 is 0 Å². The summed E-state index contributed by atoms with van der Waals surface area (Å²) < 4.78 is 5.83. The Morgan fingerprint density at radius 3 is 2.56 bits per heavy atom. The van der Waals surface area contributed by atoms with E-state index in [0.29, 0.717) is 24.2 Å². The highest BCUT2D eigenvalue weighted by Crippen LogP contribution is 2.41. The molecule has 2 aromatic carbocycles. The van der Waals surface area contributed by atoms with Crippen LogP contribution >= 0.6 is 0 Å². The number of para-hydroxylation sites is 1. The zero-order valence-corrected chi connectivity index (χ0v) is 10.3. The van der Waals surface area contributed by atoms with Crippen LogP contribution in [0.1, 0.15) is 29.9 Å². The van der Waals surface area contributed by atoms with Crippen LogP contribution in [0.25, 0.3) is 0 Å². The summed E-state index contributed by atoms with van der Waals surface area (Å²) in [5, 5.41) is 9.35. The molecule has 0 saturated carbocycles. The van der Waals surface area contributed by atoms with Crippen LogP contribution in [0.15, 0.2) is 48.5 Å². The standard InChI is InChI=1S/C16H16O2/c1-11-14-4-2-3-5-16(14)18-10-15(11)12-6-8-13(17)9-7-12/h2-9,11,15,17H,10H2,1H3. The molecular formula is C16H16O2. The number of aromatic hydroxyl groups is 1. The van der Waals surface area contributed by atoms with Crippen molar-refractivity contribution in [2.24, 2.45) is 0 Å². The molecule has 0 fully saturated rings. The summed E-state index contributed by atoms with van der Waals surface area (Å²) in [6.45, 7) is 2.93. The first kappa shape index (κ1) is 11.1. The third kappa shape index (κ3) is 1.84. The molecule has 1 aliphatic rings. The van der Waals surface area contributed by atoms with Crippen LogP contribution in [0.4, 0.5) is 0 Å². The monoisotopic (exact) mass is 240 g/mol. The van der Waals surface area contributed by atoms with E-state index in [-0.39, 0.29) is 0 Å². The van der Waals surface area contributed by atoms with Gasteiger partial charge in [0.25, 0.3) is 0 Å². The Balaban J connectivity index is 1.95. The lowest BCUT2D eigenvalue weighted by Gasteiger charge is -2.31. The summed E-state index contributed by atoms with van der Waals surface area (Å²) in [7, 11) is 0. The molecule has 0 saturated heterocycles. The smallest absolute Gasteiger partial charge is 0.122 e. The molecule has 3 rings (SSSR count). The maximum atomic E-state index is 9.35. The first-order valence-electron chi connectivity index (χ1n) is 6.26. The summed E-state index contributed by atoms with van der Waals surface area (Å²) in [4.78, 5) is 0. The van der Waals surface area contributed by atoms with Gasteiger partial charge >= 0.3 is 0 Å². The number of hydrogen-bond acceptors (Lipinski definition) is 2. The molecule has 1 heterocycles. The van der Waals surface area contributed by atoms with Gasteiger partial charge in [-0.05, 0) is 35.2 Å². The maximum Gasteiger partial charge on any atom is 0.122 e. The number of ether oxygens (including phenoxy) is 1. The van der Waals surface area contributed by atoms with Gasteiger partial charge in [-0.3, -0.25) is 0 Å². The fourth-order valence-electron chi connectivity index (χ4n) is 2.64. The van der Waals surface area contributed by atoms with E-state index in [0.717, 1.165) is 5.75 Å². The van der Waals surface area contributed by atoms with Crippen LogP contribution in [0, 0.1) is 0 Å². The molecule has 2 nitrogen and oxygen atoms in total. The molecule has 1 N–H and O–H groups in total. The molecule has 1 aliphatic heterocycles. The Morgan fingerprint density at radius 2 is 1.78 bits per heavy atom. The van der Waals surface area contributed by atoms with Crippen LogP contribution in [-0.4, -0.2) is 11.7 Å². The Kier molecular flexibility index (Phi) is 2.71. The predicted octanol–water partition coefficient (Wildman–Crippen LogP) is 3.67. The van der Waals surface area contributed by atoms with Crippen LogP contribution in [-0.2, 0) is 0 Å². The second-order valence-corrected chi connectivity index (χ2v) is 4.84. The fraction of sp³-hybridized carbons (Fsp3) is 0.250. The predicted molar refractivity (Wildman–Crippen MR) is 71.2 cm³/mol. The fourth-order valence-corrected chi connectivity index (χ4v) is 2.64. The van der Waals surface area contributed by atoms with Crippen LogP contribution in [0.5, 0.6) is 11.5 Å². The van der Waals surface area contributed by atoms with Crippen molar-refractivity contribution in [3.8, 4) is 11.5 Å². The summed E-state index contributed by atoms with van der Waals surface area (Å²) >= 11 is 0. The van der Waals surface area contributed by atoms with Crippen molar-refractivity contribution in [2.45, 2.75) is 18.8 Å². The normalized spacial score (nSPS) is 22.1. The Labute approximate surface area is 107 Å². The zero-order chi connectivity index (χ0) is 12.5. The highest BCUT2D eigenvalue weighted by atomic mass is 16.5. The number of phenolic OH excluding ortho intramolecular Hbond substituents is 1. The van der Waals surface area contributed by atoms with Crippen molar-refractivity contribution >= 4 is 0 Å². The van der Waals surface area contributed by atoms with Crippen LogP contribution < -0.4 is 4.74 Å². The van der Waals surface area contributed by atoms with Gasteiger partial charge in [0.1, 0.15) is 11.5 Å². The molecule has 18 heavy (non-hydrogen) atoms. The van der Waals surface area contributed by atoms with E-state index in [2.05, 4.69) is 19.1 Å². The minimum Gasteiger partial charge on any atom is -0.508 e. The van der Waals surface area contributed by atoms with Crippen molar-refractivity contribution < 1.29 is 9.84 Å². The van der Waals surface area contributed by atoms with Crippen LogP contribution in [0.3, 0.4) is 0 Å². The average Bonchev–Trinajstić information content (AvgIpc) is 2.41. The minimum absolute atomic E-state index is 0.309. The van der Waals surface area contributed by atoms with Gasteiger partial charge in [-0.2, -0.15) is 0 Å². The van der Waals surface area contributed by atoms with Gasteiger partial charge < -0.3 is 9.84 Å². The maximum absolute atomic E-state index is 9.35. The molecule has 0 amide bonds. The molecule has 92 valence electrons. The molecule has 0 radical (unpaired) electrons. The van der Waals surface area contributed by atoms with Gasteiger partial charge in [0.15, 0.2) is 0 Å². The highest BCUT2D eigenvalue weighted by molar-refractivity contribution is 5.41. The Hall–Kier alpha value is -1.96. The molecular weight excluding hydrogens is 224 g/mol. The lowest BCUT2D eigenvalue weighted by atomic mass is 9.81. The average molecular weight is 240 g/mol. The van der Waals surface area contributed by atoms with E-state index in [1.54, 1.807) is 12.1 Å². The molecule has 2 aromatic rings. The van der Waals surface area contributed by atoms with Crippen molar-refractivity contribution in [2.75, 3.05) is 6.61 Å². The SMILES string of the molecule is CC1c2ccccc2OCC1c1ccc(O)cc1. The van der Waals surface area contributed by atoms with E-state index in [1.165, 1.54) is 11.1 Å². The first-order chi connectivity index (χ1) is 8.75. The third-order valence-corrected chi connectivity index (χ3v) is 3.75. The molecule has 2 atom stereocenters. The molecule has 2 unspecified atom stereocenters. The van der Waals surface area contributed by atoms with Gasteiger partial charge in [0.05, 0.1) is 6.61 Å². The van der Waals surface area contributed by atoms with Gasteiger partial charge in [-0.15, -0.1) is 0 Å². The lowest BCUT2D eigenvalue weighted by Crippen LogP contribution is -2.22. The van der Waals surface area contributed by atoms with Crippen molar-refractivity contribution in [1.82, 2.24) is 0 Å². The number of benzene rings is 2. The van der Waals surface area contributed by atoms with Gasteiger partial charge in [-0.25, -0.2) is 0 Å². The van der Waals surface area contributed by atoms with Gasteiger partial charge in [0.2, 0.25) is 0 Å². The zero-order valence-electron chi connectivity index (χ0n) is 10.3. The Bertz CT molecular complexity index is 545. The second-order valence-electron chi connectivity index (χ2n) is 4.84. The molecule has 2 heteroatoms. The van der Waals surface area contributed by atoms with Crippen LogP contribution in [0.2, 0.25) is 0 Å². The molecule has 0 aliphatic carbocycles. The molecule has 0 aromatic heterocycles.